The molecule has 0 aliphatic carbocycles. The van der Waals surface area contributed by atoms with Crippen LogP contribution in [0.15, 0.2) is 65.8 Å². The lowest BCUT2D eigenvalue weighted by Crippen LogP contribution is -2.15. The Morgan fingerprint density at radius 3 is 2.72 bits per heavy atom. The third-order valence-corrected chi connectivity index (χ3v) is 4.78. The van der Waals surface area contributed by atoms with Gasteiger partial charge in [-0.2, -0.15) is 9.61 Å². The average Bonchev–Trinajstić information content (AvgIpc) is 3.16. The first-order valence-corrected chi connectivity index (χ1v) is 9.40. The lowest BCUT2D eigenvalue weighted by molar-refractivity contribution is -0.383. The van der Waals surface area contributed by atoms with Crippen molar-refractivity contribution < 1.29 is 9.72 Å². The number of carbonyl (C=O) groups excluding carboxylic acids is 1. The van der Waals surface area contributed by atoms with Crippen molar-refractivity contribution in [1.82, 2.24) is 24.8 Å². The van der Waals surface area contributed by atoms with Gasteiger partial charge in [0.15, 0.2) is 5.65 Å². The first-order chi connectivity index (χ1) is 14.1. The zero-order valence-corrected chi connectivity index (χ0v) is 15.6. The van der Waals surface area contributed by atoms with Crippen LogP contribution in [-0.4, -0.2) is 41.4 Å². The van der Waals surface area contributed by atoms with E-state index < -0.39 is 4.92 Å². The van der Waals surface area contributed by atoms with E-state index in [0.717, 1.165) is 0 Å². The molecule has 0 atom stereocenters. The van der Waals surface area contributed by atoms with E-state index in [2.05, 4.69) is 25.6 Å². The molecule has 10 nitrogen and oxygen atoms in total. The van der Waals surface area contributed by atoms with Gasteiger partial charge < -0.3 is 5.32 Å². The number of fused-ring (bicyclic) bond motifs is 1. The molecule has 0 aliphatic rings. The predicted molar refractivity (Wildman–Crippen MR) is 106 cm³/mol. The molecular weight excluding hydrogens is 394 g/mol. The number of rotatable bonds is 6. The van der Waals surface area contributed by atoms with Crippen LogP contribution in [0.4, 0.5) is 11.4 Å². The van der Waals surface area contributed by atoms with Crippen LogP contribution in [0, 0.1) is 10.1 Å². The summed E-state index contributed by atoms with van der Waals surface area (Å²) in [5, 5.41) is 26.8. The number of nitro benzene ring substituents is 1. The summed E-state index contributed by atoms with van der Waals surface area (Å²) in [6.45, 7) is 0. The van der Waals surface area contributed by atoms with E-state index in [1.807, 2.05) is 6.07 Å². The number of para-hydroxylation sites is 2. The Bertz CT molecular complexity index is 1200. The second kappa shape index (κ2) is 8.02. The van der Waals surface area contributed by atoms with Crippen molar-refractivity contribution in [2.45, 2.75) is 5.03 Å². The van der Waals surface area contributed by atoms with Crippen LogP contribution >= 0.6 is 11.8 Å². The van der Waals surface area contributed by atoms with Crippen LogP contribution in [0.2, 0.25) is 0 Å². The van der Waals surface area contributed by atoms with Crippen molar-refractivity contribution in [3.05, 3.63) is 70.9 Å². The third kappa shape index (κ3) is 4.04. The summed E-state index contributed by atoms with van der Waals surface area (Å²) in [5.41, 5.74) is 1.18. The second-order valence-electron chi connectivity index (χ2n) is 5.79. The van der Waals surface area contributed by atoms with Crippen molar-refractivity contribution in [3.8, 4) is 11.5 Å². The molecule has 4 rings (SSSR count). The second-order valence-corrected chi connectivity index (χ2v) is 6.79. The fourth-order valence-corrected chi connectivity index (χ4v) is 3.22. The molecule has 0 radical (unpaired) electrons. The van der Waals surface area contributed by atoms with Gasteiger partial charge >= 0.3 is 0 Å². The minimum atomic E-state index is -0.538. The molecule has 0 unspecified atom stereocenters. The SMILES string of the molecule is O=C(CSc1ccc2nnc(-c3ccccn3)n2n1)Nc1ccccc1[N+](=O)[O-]. The molecule has 0 spiro atoms. The van der Waals surface area contributed by atoms with E-state index in [4.69, 9.17) is 0 Å². The van der Waals surface area contributed by atoms with Gasteiger partial charge in [0.25, 0.3) is 5.69 Å². The van der Waals surface area contributed by atoms with Gasteiger partial charge in [-0.05, 0) is 30.3 Å². The van der Waals surface area contributed by atoms with Gasteiger partial charge in [0.05, 0.1) is 10.7 Å². The van der Waals surface area contributed by atoms with Crippen LogP contribution < -0.4 is 5.32 Å². The van der Waals surface area contributed by atoms with E-state index in [1.54, 1.807) is 47.1 Å². The molecule has 1 amide bonds. The number of hydrogen-bond acceptors (Lipinski definition) is 8. The van der Waals surface area contributed by atoms with Crippen LogP contribution in [0.25, 0.3) is 17.2 Å². The van der Waals surface area contributed by atoms with E-state index in [1.165, 1.54) is 23.9 Å². The summed E-state index contributed by atoms with van der Waals surface area (Å²) in [4.78, 5) is 27.0. The maximum Gasteiger partial charge on any atom is 0.292 e. The molecule has 1 aromatic carbocycles. The topological polar surface area (TPSA) is 128 Å². The molecule has 3 heterocycles. The van der Waals surface area contributed by atoms with E-state index in [9.17, 15) is 14.9 Å². The summed E-state index contributed by atoms with van der Waals surface area (Å²) < 4.78 is 1.56. The number of carbonyl (C=O) groups is 1. The van der Waals surface area contributed by atoms with Crippen LogP contribution in [-0.2, 0) is 4.79 Å². The Kier molecular flexibility index (Phi) is 5.12. The van der Waals surface area contributed by atoms with Gasteiger partial charge in [-0.3, -0.25) is 19.9 Å². The molecule has 144 valence electrons. The number of benzene rings is 1. The van der Waals surface area contributed by atoms with Gasteiger partial charge in [0, 0.05) is 12.3 Å². The molecule has 4 aromatic rings. The lowest BCUT2D eigenvalue weighted by atomic mass is 10.2. The number of thioether (sulfide) groups is 1. The van der Waals surface area contributed by atoms with E-state index in [0.29, 0.717) is 22.2 Å². The van der Waals surface area contributed by atoms with Crippen LogP contribution in [0.1, 0.15) is 0 Å². The maximum absolute atomic E-state index is 12.2. The van der Waals surface area contributed by atoms with Crippen LogP contribution in [0.3, 0.4) is 0 Å². The van der Waals surface area contributed by atoms with E-state index in [-0.39, 0.29) is 23.0 Å². The fourth-order valence-electron chi connectivity index (χ4n) is 2.57. The molecule has 0 fully saturated rings. The number of aromatic nitrogens is 5. The molecule has 0 saturated heterocycles. The number of hydrogen-bond donors (Lipinski definition) is 1. The molecule has 3 aromatic heterocycles. The summed E-state index contributed by atoms with van der Waals surface area (Å²) in [5.74, 6) is 0.151. The monoisotopic (exact) mass is 407 g/mol. The Labute approximate surface area is 168 Å². The van der Waals surface area contributed by atoms with Gasteiger partial charge in [0.2, 0.25) is 11.7 Å². The highest BCUT2D eigenvalue weighted by Gasteiger charge is 2.16. The standard InChI is InChI=1S/C18H13N7O3S/c26-16(20-12-5-1-2-7-14(12)25(27)28)11-29-17-9-8-15-21-22-18(24(15)23-17)13-6-3-4-10-19-13/h1-10H,11H2,(H,20,26). The summed E-state index contributed by atoms with van der Waals surface area (Å²) in [6.07, 6.45) is 1.65. The van der Waals surface area contributed by atoms with Gasteiger partial charge in [0.1, 0.15) is 16.4 Å². The van der Waals surface area contributed by atoms with Crippen molar-refractivity contribution in [2.75, 3.05) is 11.1 Å². The third-order valence-electron chi connectivity index (χ3n) is 3.86. The number of nitrogens with one attached hydrogen (secondary N) is 1. The molecule has 0 aliphatic heterocycles. The van der Waals surface area contributed by atoms with Crippen molar-refractivity contribution in [3.63, 3.8) is 0 Å². The number of amides is 1. The van der Waals surface area contributed by atoms with Gasteiger partial charge in [-0.1, -0.05) is 30.0 Å². The number of anilines is 1. The zero-order valence-electron chi connectivity index (χ0n) is 14.8. The van der Waals surface area contributed by atoms with E-state index >= 15 is 0 Å². The van der Waals surface area contributed by atoms with Crippen LogP contribution in [0.5, 0.6) is 0 Å². The molecule has 11 heteroatoms. The number of nitro groups is 1. The quantitative estimate of drug-likeness (QED) is 0.293. The molecule has 0 saturated carbocycles. The molecule has 1 N–H and O–H groups in total. The fraction of sp³-hybridized carbons (Fsp3) is 0.0556. The highest BCUT2D eigenvalue weighted by atomic mass is 32.2. The lowest BCUT2D eigenvalue weighted by Gasteiger charge is -2.06. The first kappa shape index (κ1) is 18.5. The summed E-state index contributed by atoms with van der Waals surface area (Å²) in [6, 6.07) is 14.9. The smallest absolute Gasteiger partial charge is 0.292 e. The summed E-state index contributed by atoms with van der Waals surface area (Å²) >= 11 is 1.19. The minimum absolute atomic E-state index is 0.0333. The average molecular weight is 407 g/mol. The Balaban J connectivity index is 1.49. The first-order valence-electron chi connectivity index (χ1n) is 8.42. The zero-order chi connectivity index (χ0) is 20.2. The minimum Gasteiger partial charge on any atom is -0.320 e. The Hall–Kier alpha value is -3.86. The molecule has 0 bridgehead atoms. The largest absolute Gasteiger partial charge is 0.320 e. The maximum atomic E-state index is 12.2. The normalized spacial score (nSPS) is 10.8. The highest BCUT2D eigenvalue weighted by Crippen LogP contribution is 2.24. The molecule has 29 heavy (non-hydrogen) atoms. The number of pyridine rings is 1. The predicted octanol–water partition coefficient (Wildman–Crippen LogP) is 2.83. The Morgan fingerprint density at radius 2 is 1.93 bits per heavy atom. The molecular formula is C18H13N7O3S. The number of nitrogens with zero attached hydrogens (tertiary/aromatic N) is 6. The van der Waals surface area contributed by atoms with Gasteiger partial charge in [-0.25, -0.2) is 0 Å². The van der Waals surface area contributed by atoms with Crippen molar-refractivity contribution in [1.29, 1.82) is 0 Å². The summed E-state index contributed by atoms with van der Waals surface area (Å²) in [7, 11) is 0. The van der Waals surface area contributed by atoms with Crippen molar-refractivity contribution in [2.24, 2.45) is 0 Å². The van der Waals surface area contributed by atoms with Gasteiger partial charge in [-0.15, -0.1) is 10.2 Å². The van der Waals surface area contributed by atoms with Crippen molar-refractivity contribution >= 4 is 34.7 Å². The highest BCUT2D eigenvalue weighted by molar-refractivity contribution is 7.99. The Morgan fingerprint density at radius 1 is 1.10 bits per heavy atom.